The van der Waals surface area contributed by atoms with Crippen molar-refractivity contribution in [1.82, 2.24) is 10.6 Å². The van der Waals surface area contributed by atoms with Crippen LogP contribution in [0.2, 0.25) is 0 Å². The van der Waals surface area contributed by atoms with Gasteiger partial charge in [0.1, 0.15) is 0 Å². The van der Waals surface area contributed by atoms with E-state index in [2.05, 4.69) is 44.0 Å². The molecule has 3 rings (SSSR count). The van der Waals surface area contributed by atoms with Crippen molar-refractivity contribution in [2.45, 2.75) is 25.3 Å². The number of nitrogens with zero attached hydrogens (tertiary/aromatic N) is 1. The number of carbonyl (C=O) groups excluding carboxylic acids is 1. The molecule has 0 aliphatic carbocycles. The zero-order valence-electron chi connectivity index (χ0n) is 14.3. The van der Waals surface area contributed by atoms with Crippen LogP contribution in [0.25, 0.3) is 0 Å². The summed E-state index contributed by atoms with van der Waals surface area (Å²) < 4.78 is 9.18. The average molecular weight is 452 g/mol. The third kappa shape index (κ3) is 4.49. The predicted octanol–water partition coefficient (Wildman–Crippen LogP) is -0.726. The van der Waals surface area contributed by atoms with Gasteiger partial charge in [-0.3, -0.25) is 0 Å². The van der Waals surface area contributed by atoms with E-state index >= 15 is 0 Å². The van der Waals surface area contributed by atoms with E-state index in [0.29, 0.717) is 12.2 Å². The second kappa shape index (κ2) is 8.62. The quantitative estimate of drug-likeness (QED) is 0.457. The van der Waals surface area contributed by atoms with Crippen LogP contribution in [0.1, 0.15) is 25.3 Å². The number of aliphatic imine (C=N–C) groups is 1. The van der Waals surface area contributed by atoms with Crippen molar-refractivity contribution in [1.29, 1.82) is 0 Å². The number of esters is 1. The first-order chi connectivity index (χ1) is 12.2. The fourth-order valence-electron chi connectivity index (χ4n) is 3.07. The van der Waals surface area contributed by atoms with Gasteiger partial charge in [-0.25, -0.2) is 0 Å². The van der Waals surface area contributed by atoms with Crippen molar-refractivity contribution in [3.8, 4) is 0 Å². The van der Waals surface area contributed by atoms with Gasteiger partial charge in [0.25, 0.3) is 0 Å². The van der Waals surface area contributed by atoms with Gasteiger partial charge in [0, 0.05) is 0 Å². The molecule has 25 heavy (non-hydrogen) atoms. The van der Waals surface area contributed by atoms with Crippen LogP contribution < -0.4 is 31.8 Å². The fourth-order valence-corrected chi connectivity index (χ4v) is 4.71. The Bertz CT molecular complexity index is 692. The van der Waals surface area contributed by atoms with Crippen molar-refractivity contribution in [2.24, 2.45) is 4.99 Å². The molecule has 0 aromatic heterocycles. The summed E-state index contributed by atoms with van der Waals surface area (Å²) >= 11 is -0.388. The van der Waals surface area contributed by atoms with Crippen LogP contribution in [-0.2, 0) is 15.1 Å². The molecule has 1 saturated heterocycles. The van der Waals surface area contributed by atoms with Gasteiger partial charge in [0.2, 0.25) is 0 Å². The van der Waals surface area contributed by atoms with Gasteiger partial charge >= 0.3 is 159 Å². The number of piperidine rings is 1. The normalized spacial score (nSPS) is 19.7. The van der Waals surface area contributed by atoms with Crippen LogP contribution in [0.3, 0.4) is 0 Å². The maximum atomic E-state index is 11.9. The Labute approximate surface area is 158 Å². The molecule has 6 heteroatoms. The number of hydrogen-bond donors (Lipinski definition) is 2. The summed E-state index contributed by atoms with van der Waals surface area (Å²) in [4.78, 5) is 16.5. The molecule has 0 amide bonds. The molecule has 1 aromatic carbocycles. The molecule has 0 saturated carbocycles. The molecule has 2 aliphatic rings. The molecule has 0 atom stereocenters. The monoisotopic (exact) mass is 452 g/mol. The van der Waals surface area contributed by atoms with E-state index in [1.54, 1.807) is 6.21 Å². The van der Waals surface area contributed by atoms with E-state index in [1.807, 2.05) is 17.1 Å². The van der Waals surface area contributed by atoms with Crippen molar-refractivity contribution in [3.63, 3.8) is 0 Å². The predicted molar refractivity (Wildman–Crippen MR) is 94.7 cm³/mol. The van der Waals surface area contributed by atoms with Gasteiger partial charge in [-0.05, 0) is 0 Å². The first kappa shape index (κ1) is 18.1. The number of nitrogens with one attached hydrogen (secondary N) is 2. The Morgan fingerprint density at radius 2 is 2.04 bits per heavy atom. The molecule has 0 radical (unpaired) electrons. The summed E-state index contributed by atoms with van der Waals surface area (Å²) in [7, 11) is 0. The number of hydrogen-bond acceptors (Lipinski definition) is 5. The molecule has 134 valence electrons. The molecule has 2 aliphatic heterocycles. The van der Waals surface area contributed by atoms with E-state index in [0.717, 1.165) is 31.8 Å². The van der Waals surface area contributed by atoms with Crippen LogP contribution >= 0.6 is 0 Å². The second-order valence-corrected chi connectivity index (χ2v) is 7.95. The molecule has 1 fully saturated rings. The summed E-state index contributed by atoms with van der Waals surface area (Å²) in [6, 6.07) is 10.6. The number of benzene rings is 1. The molecule has 2 N–H and O–H groups in total. The van der Waals surface area contributed by atoms with E-state index in [1.165, 1.54) is 5.56 Å². The third-order valence-corrected chi connectivity index (χ3v) is 6.33. The summed E-state index contributed by atoms with van der Waals surface area (Å²) in [5, 5.41) is 7.12. The number of carbonyl (C=O) groups is 1. The van der Waals surface area contributed by atoms with E-state index in [9.17, 15) is 4.79 Å². The Balaban J connectivity index is 1.78. The standard InChI is InChI=1S/C19H23IN3O2/c1-2-25-18(24)15-12-20-13-17(22-14-15)23-19(8-10-21-11-9-19)16-6-4-3-5-7-16/h3-7,12-14,21,23H,2,8-11H2,1H3/q-1. The van der Waals surface area contributed by atoms with Gasteiger partial charge in [-0.2, -0.15) is 0 Å². The van der Waals surface area contributed by atoms with Gasteiger partial charge in [0.05, 0.1) is 0 Å². The molecule has 1 aromatic rings. The zero-order valence-corrected chi connectivity index (χ0v) is 16.5. The molecule has 0 spiro atoms. The average Bonchev–Trinajstić information content (AvgIpc) is 2.89. The first-order valence-corrected chi connectivity index (χ1v) is 11.0. The molecule has 0 unspecified atom stereocenters. The summed E-state index contributed by atoms with van der Waals surface area (Å²) in [5.74, 6) is 0.564. The van der Waals surface area contributed by atoms with Crippen LogP contribution in [-0.4, -0.2) is 31.9 Å². The Morgan fingerprint density at radius 3 is 2.76 bits per heavy atom. The Hall–Kier alpha value is -1.67. The Morgan fingerprint density at radius 1 is 1.28 bits per heavy atom. The van der Waals surface area contributed by atoms with Crippen LogP contribution in [0, 0.1) is 0 Å². The third-order valence-electron chi connectivity index (χ3n) is 4.35. The van der Waals surface area contributed by atoms with Gasteiger partial charge in [-0.1, -0.05) is 0 Å². The molecule has 2 heterocycles. The number of rotatable bonds is 5. The topological polar surface area (TPSA) is 62.7 Å². The molecular formula is C19H23IN3O2-. The van der Waals surface area contributed by atoms with Crippen molar-refractivity contribution in [2.75, 3.05) is 19.7 Å². The van der Waals surface area contributed by atoms with Crippen LogP contribution in [0.5, 0.6) is 0 Å². The minimum atomic E-state index is -0.388. The zero-order chi connectivity index (χ0) is 17.5. The van der Waals surface area contributed by atoms with Crippen molar-refractivity contribution < 1.29 is 30.7 Å². The van der Waals surface area contributed by atoms with Crippen molar-refractivity contribution in [3.05, 3.63) is 55.5 Å². The van der Waals surface area contributed by atoms with Gasteiger partial charge in [-0.15, -0.1) is 0 Å². The van der Waals surface area contributed by atoms with E-state index in [4.69, 9.17) is 4.74 Å². The molecular weight excluding hydrogens is 429 g/mol. The first-order valence-electron chi connectivity index (χ1n) is 8.51. The van der Waals surface area contributed by atoms with E-state index < -0.39 is 0 Å². The Kier molecular flexibility index (Phi) is 6.25. The summed E-state index contributed by atoms with van der Waals surface area (Å²) in [6.07, 6.45) is 3.63. The maximum absolute atomic E-state index is 11.9. The summed E-state index contributed by atoms with van der Waals surface area (Å²) in [6.45, 7) is 4.14. The molecule has 0 bridgehead atoms. The second-order valence-electron chi connectivity index (χ2n) is 5.99. The van der Waals surface area contributed by atoms with Crippen LogP contribution in [0.4, 0.5) is 0 Å². The van der Waals surface area contributed by atoms with Gasteiger partial charge < -0.3 is 0 Å². The number of ether oxygens (including phenoxy) is 1. The van der Waals surface area contributed by atoms with Gasteiger partial charge in [0.15, 0.2) is 0 Å². The minimum absolute atomic E-state index is 0.117. The van der Waals surface area contributed by atoms with E-state index in [-0.39, 0.29) is 32.7 Å². The summed E-state index contributed by atoms with van der Waals surface area (Å²) in [5.41, 5.74) is 1.73. The fraction of sp³-hybridized carbons (Fsp3) is 0.368. The van der Waals surface area contributed by atoms with Crippen LogP contribution in [0.15, 0.2) is 54.9 Å². The number of halogens is 1. The molecule has 5 nitrogen and oxygen atoms in total. The van der Waals surface area contributed by atoms with Crippen molar-refractivity contribution >= 4 is 12.2 Å². The SMILES string of the molecule is CCOC(=O)C1=C[I-]C=C(NC2(c3ccccc3)CCNCC2)N=C1.